The van der Waals surface area contributed by atoms with Gasteiger partial charge >= 0.3 is 0 Å². The number of hydrogen-bond acceptors (Lipinski definition) is 2. The van der Waals surface area contributed by atoms with Crippen LogP contribution in [-0.4, -0.2) is 7.11 Å². The molecule has 2 nitrogen and oxygen atoms in total. The van der Waals surface area contributed by atoms with Gasteiger partial charge in [0.25, 0.3) is 0 Å². The van der Waals surface area contributed by atoms with Crippen LogP contribution < -0.4 is 10.1 Å². The van der Waals surface area contributed by atoms with E-state index in [1.165, 1.54) is 6.07 Å². The first kappa shape index (κ1) is 16.0. The van der Waals surface area contributed by atoms with Gasteiger partial charge in [0.2, 0.25) is 0 Å². The molecule has 2 aromatic rings. The lowest BCUT2D eigenvalue weighted by Crippen LogP contribution is -2.23. The summed E-state index contributed by atoms with van der Waals surface area (Å²) in [6.07, 6.45) is 0. The topological polar surface area (TPSA) is 21.3 Å². The van der Waals surface area contributed by atoms with Crippen molar-refractivity contribution < 1.29 is 9.13 Å². The fourth-order valence-electron chi connectivity index (χ4n) is 2.45. The van der Waals surface area contributed by atoms with Gasteiger partial charge in [-0.1, -0.05) is 34.1 Å². The van der Waals surface area contributed by atoms with E-state index in [2.05, 4.69) is 34.2 Å². The molecule has 0 saturated carbocycles. The fraction of sp³-hybridized carbons (Fsp3) is 0.294. The summed E-state index contributed by atoms with van der Waals surface area (Å²) in [5.74, 6) is 0.312. The van der Waals surface area contributed by atoms with Gasteiger partial charge in [0, 0.05) is 22.1 Å². The molecule has 0 heterocycles. The third-order valence-electron chi connectivity index (χ3n) is 3.51. The number of hydrogen-bond donors (Lipinski definition) is 1. The minimum absolute atomic E-state index is 0.0989. The summed E-state index contributed by atoms with van der Waals surface area (Å²) in [7, 11) is 1.56. The van der Waals surface area contributed by atoms with Crippen LogP contribution in [-0.2, 0) is 0 Å². The van der Waals surface area contributed by atoms with Crippen LogP contribution in [0.1, 0.15) is 37.1 Å². The van der Waals surface area contributed by atoms with Crippen molar-refractivity contribution in [2.45, 2.75) is 25.9 Å². The first-order valence-corrected chi connectivity index (χ1v) is 7.66. The lowest BCUT2D eigenvalue weighted by molar-refractivity contribution is 0.387. The molecule has 21 heavy (non-hydrogen) atoms. The van der Waals surface area contributed by atoms with Gasteiger partial charge in [0.1, 0.15) is 11.6 Å². The Balaban J connectivity index is 2.20. The first-order chi connectivity index (χ1) is 10.0. The molecule has 2 rings (SSSR count). The summed E-state index contributed by atoms with van der Waals surface area (Å²) in [6.45, 7) is 4.00. The van der Waals surface area contributed by atoms with Gasteiger partial charge in [-0.3, -0.25) is 0 Å². The molecule has 4 heteroatoms. The van der Waals surface area contributed by atoms with Crippen LogP contribution in [0, 0.1) is 5.82 Å². The Labute approximate surface area is 133 Å². The second-order valence-electron chi connectivity index (χ2n) is 5.02. The minimum atomic E-state index is -0.254. The predicted molar refractivity (Wildman–Crippen MR) is 87.1 cm³/mol. The van der Waals surface area contributed by atoms with Gasteiger partial charge < -0.3 is 10.1 Å². The molecule has 0 aliphatic rings. The van der Waals surface area contributed by atoms with Crippen molar-refractivity contribution in [3.05, 3.63) is 63.9 Å². The summed E-state index contributed by atoms with van der Waals surface area (Å²) >= 11 is 3.47. The highest BCUT2D eigenvalue weighted by molar-refractivity contribution is 9.10. The van der Waals surface area contributed by atoms with E-state index < -0.39 is 0 Å². The molecule has 112 valence electrons. The Morgan fingerprint density at radius 1 is 1.10 bits per heavy atom. The molecule has 1 N–H and O–H groups in total. The SMILES string of the molecule is COc1cccc(F)c1C(C)N[C@H](C)c1cccc(Br)c1. The van der Waals surface area contributed by atoms with Gasteiger partial charge in [-0.15, -0.1) is 0 Å². The Hall–Kier alpha value is -1.39. The van der Waals surface area contributed by atoms with Crippen LogP contribution in [0.2, 0.25) is 0 Å². The molecule has 2 aromatic carbocycles. The van der Waals surface area contributed by atoms with E-state index in [-0.39, 0.29) is 17.9 Å². The van der Waals surface area contributed by atoms with Crippen molar-refractivity contribution in [1.29, 1.82) is 0 Å². The highest BCUT2D eigenvalue weighted by atomic mass is 79.9. The number of methoxy groups -OCH3 is 1. The lowest BCUT2D eigenvalue weighted by Gasteiger charge is -2.23. The van der Waals surface area contributed by atoms with Gasteiger partial charge in [-0.2, -0.15) is 0 Å². The first-order valence-electron chi connectivity index (χ1n) is 6.87. The fourth-order valence-corrected chi connectivity index (χ4v) is 2.86. The van der Waals surface area contributed by atoms with Crippen molar-refractivity contribution in [2.24, 2.45) is 0 Å². The summed E-state index contributed by atoms with van der Waals surface area (Å²) in [4.78, 5) is 0. The zero-order chi connectivity index (χ0) is 15.4. The highest BCUT2D eigenvalue weighted by Crippen LogP contribution is 2.29. The van der Waals surface area contributed by atoms with Crippen molar-refractivity contribution in [1.82, 2.24) is 5.32 Å². The molecule has 0 fully saturated rings. The average molecular weight is 352 g/mol. The van der Waals surface area contributed by atoms with E-state index in [0.29, 0.717) is 11.3 Å². The predicted octanol–water partition coefficient (Wildman–Crippen LogP) is 5.01. The van der Waals surface area contributed by atoms with Gasteiger partial charge in [0.05, 0.1) is 7.11 Å². The molecule has 2 atom stereocenters. The Morgan fingerprint density at radius 3 is 2.48 bits per heavy atom. The molecular formula is C17H19BrFNO. The number of benzene rings is 2. The molecule has 0 radical (unpaired) electrons. The van der Waals surface area contributed by atoms with Crippen LogP contribution in [0.5, 0.6) is 5.75 Å². The molecule has 0 bridgehead atoms. The van der Waals surface area contributed by atoms with E-state index in [9.17, 15) is 4.39 Å². The molecule has 0 aliphatic heterocycles. The maximum atomic E-state index is 14.1. The maximum Gasteiger partial charge on any atom is 0.131 e. The Bertz CT molecular complexity index is 617. The van der Waals surface area contributed by atoms with E-state index in [1.807, 2.05) is 25.1 Å². The number of ether oxygens (including phenoxy) is 1. The van der Waals surface area contributed by atoms with Crippen LogP contribution in [0.3, 0.4) is 0 Å². The second kappa shape index (κ2) is 7.05. The van der Waals surface area contributed by atoms with Gasteiger partial charge in [0.15, 0.2) is 0 Å². The molecule has 0 aromatic heterocycles. The summed E-state index contributed by atoms with van der Waals surface area (Å²) < 4.78 is 20.4. The zero-order valence-electron chi connectivity index (χ0n) is 12.4. The van der Waals surface area contributed by atoms with Crippen LogP contribution in [0.15, 0.2) is 46.9 Å². The Kier molecular flexibility index (Phi) is 5.37. The van der Waals surface area contributed by atoms with Crippen molar-refractivity contribution in [3.8, 4) is 5.75 Å². The largest absolute Gasteiger partial charge is 0.496 e. The third-order valence-corrected chi connectivity index (χ3v) is 4.01. The normalized spacial score (nSPS) is 13.8. The molecule has 1 unspecified atom stereocenters. The summed E-state index contributed by atoms with van der Waals surface area (Å²) in [5.41, 5.74) is 1.70. The number of rotatable bonds is 5. The van der Waals surface area contributed by atoms with E-state index in [1.54, 1.807) is 19.2 Å². The van der Waals surface area contributed by atoms with Crippen LogP contribution >= 0.6 is 15.9 Å². The monoisotopic (exact) mass is 351 g/mol. The van der Waals surface area contributed by atoms with E-state index in [0.717, 1.165) is 10.0 Å². The minimum Gasteiger partial charge on any atom is -0.496 e. The van der Waals surface area contributed by atoms with E-state index >= 15 is 0 Å². The van der Waals surface area contributed by atoms with Crippen molar-refractivity contribution in [2.75, 3.05) is 7.11 Å². The quantitative estimate of drug-likeness (QED) is 0.817. The third kappa shape index (κ3) is 3.83. The van der Waals surface area contributed by atoms with Gasteiger partial charge in [-0.05, 0) is 43.7 Å². The highest BCUT2D eigenvalue weighted by Gasteiger charge is 2.18. The average Bonchev–Trinajstić information content (AvgIpc) is 2.46. The van der Waals surface area contributed by atoms with Crippen LogP contribution in [0.4, 0.5) is 4.39 Å². The Morgan fingerprint density at radius 2 is 1.81 bits per heavy atom. The van der Waals surface area contributed by atoms with E-state index in [4.69, 9.17) is 4.74 Å². The molecule has 0 spiro atoms. The second-order valence-corrected chi connectivity index (χ2v) is 5.94. The van der Waals surface area contributed by atoms with Gasteiger partial charge in [-0.25, -0.2) is 4.39 Å². The number of halogens is 2. The van der Waals surface area contributed by atoms with Crippen LogP contribution in [0.25, 0.3) is 0 Å². The van der Waals surface area contributed by atoms with Crippen molar-refractivity contribution >= 4 is 15.9 Å². The molecule has 0 aliphatic carbocycles. The van der Waals surface area contributed by atoms with Crippen molar-refractivity contribution in [3.63, 3.8) is 0 Å². The molecule has 0 amide bonds. The summed E-state index contributed by atoms with van der Waals surface area (Å²) in [6, 6.07) is 12.9. The molecular weight excluding hydrogens is 333 g/mol. The smallest absolute Gasteiger partial charge is 0.131 e. The summed E-state index contributed by atoms with van der Waals surface area (Å²) in [5, 5.41) is 3.41. The number of nitrogens with one attached hydrogen (secondary N) is 1. The zero-order valence-corrected chi connectivity index (χ0v) is 13.9. The standard InChI is InChI=1S/C17H19BrFNO/c1-11(13-6-4-7-14(18)10-13)20-12(2)17-15(19)8-5-9-16(17)21-3/h4-12,20H,1-3H3/t11-,12?/m1/s1. The maximum absolute atomic E-state index is 14.1. The lowest BCUT2D eigenvalue weighted by atomic mass is 10.0. The molecule has 0 saturated heterocycles.